The predicted octanol–water partition coefficient (Wildman–Crippen LogP) is 1.24. The van der Waals surface area contributed by atoms with Crippen molar-refractivity contribution in [1.29, 1.82) is 0 Å². The molecular weight excluding hydrogens is 256 g/mol. The second kappa shape index (κ2) is 6.02. The fourth-order valence-electron chi connectivity index (χ4n) is 1.72. The zero-order valence-corrected chi connectivity index (χ0v) is 11.3. The molecule has 2 aromatic rings. The van der Waals surface area contributed by atoms with Gasteiger partial charge in [0.25, 0.3) is 5.56 Å². The molecule has 0 spiro atoms. The number of fused-ring (bicyclic) bond motifs is 1. The summed E-state index contributed by atoms with van der Waals surface area (Å²) in [6.45, 7) is 2.09. The van der Waals surface area contributed by atoms with Gasteiger partial charge < -0.3 is 9.30 Å². The van der Waals surface area contributed by atoms with Crippen molar-refractivity contribution < 1.29 is 9.53 Å². The molecular formula is C15H14N2O3. The van der Waals surface area contributed by atoms with Gasteiger partial charge in [-0.1, -0.05) is 11.8 Å². The highest BCUT2D eigenvalue weighted by Crippen LogP contribution is 2.08. The van der Waals surface area contributed by atoms with E-state index in [9.17, 15) is 9.59 Å². The second-order valence-electron chi connectivity index (χ2n) is 4.18. The minimum absolute atomic E-state index is 0.0386. The maximum Gasteiger partial charge on any atom is 0.317 e. The maximum absolute atomic E-state index is 11.9. The van der Waals surface area contributed by atoms with Gasteiger partial charge in [-0.25, -0.2) is 4.98 Å². The lowest BCUT2D eigenvalue weighted by Gasteiger charge is -2.00. The third-order valence-electron chi connectivity index (χ3n) is 2.69. The molecule has 102 valence electrons. The number of aryl methyl sites for hydroxylation is 1. The molecule has 0 fully saturated rings. The van der Waals surface area contributed by atoms with E-state index >= 15 is 0 Å². The molecule has 0 saturated carbocycles. The van der Waals surface area contributed by atoms with Crippen LogP contribution < -0.4 is 5.56 Å². The molecule has 1 aromatic carbocycles. The van der Waals surface area contributed by atoms with Crippen LogP contribution in [0.4, 0.5) is 0 Å². The van der Waals surface area contributed by atoms with Crippen molar-refractivity contribution in [1.82, 2.24) is 9.55 Å². The lowest BCUT2D eigenvalue weighted by atomic mass is 10.1. The van der Waals surface area contributed by atoms with Crippen LogP contribution in [-0.4, -0.2) is 22.1 Å². The smallest absolute Gasteiger partial charge is 0.317 e. The first-order valence-electron chi connectivity index (χ1n) is 6.21. The van der Waals surface area contributed by atoms with Gasteiger partial charge >= 0.3 is 5.97 Å². The third kappa shape index (κ3) is 3.04. The largest absolute Gasteiger partial charge is 0.465 e. The molecule has 1 aromatic heterocycles. The Bertz CT molecular complexity index is 766. The van der Waals surface area contributed by atoms with Crippen molar-refractivity contribution in [2.24, 2.45) is 7.05 Å². The number of hydrogen-bond donors (Lipinski definition) is 0. The topological polar surface area (TPSA) is 61.2 Å². The molecule has 2 rings (SSSR count). The molecule has 0 amide bonds. The van der Waals surface area contributed by atoms with Crippen LogP contribution in [0, 0.1) is 11.8 Å². The molecule has 0 bridgehead atoms. The third-order valence-corrected chi connectivity index (χ3v) is 2.69. The number of hydrogen-bond acceptors (Lipinski definition) is 4. The molecule has 5 heteroatoms. The van der Waals surface area contributed by atoms with Crippen molar-refractivity contribution in [3.63, 3.8) is 0 Å². The molecule has 20 heavy (non-hydrogen) atoms. The standard InChI is InChI=1S/C15H14N2O3/c1-3-20-14(18)6-4-5-11-7-8-13-12(9-11)15(19)17(2)10-16-13/h7-10H,3,6H2,1-2H3. The van der Waals surface area contributed by atoms with Gasteiger partial charge in [0.2, 0.25) is 0 Å². The molecule has 0 N–H and O–H groups in total. The number of aromatic nitrogens is 2. The van der Waals surface area contributed by atoms with Gasteiger partial charge in [0.15, 0.2) is 0 Å². The van der Waals surface area contributed by atoms with Gasteiger partial charge in [0, 0.05) is 12.6 Å². The fraction of sp³-hybridized carbons (Fsp3) is 0.267. The van der Waals surface area contributed by atoms with Gasteiger partial charge in [0.1, 0.15) is 6.42 Å². The van der Waals surface area contributed by atoms with Crippen LogP contribution in [0.15, 0.2) is 29.3 Å². The summed E-state index contributed by atoms with van der Waals surface area (Å²) in [4.78, 5) is 27.3. The van der Waals surface area contributed by atoms with Gasteiger partial charge in [-0.3, -0.25) is 9.59 Å². The summed E-state index contributed by atoms with van der Waals surface area (Å²) in [5.41, 5.74) is 1.18. The van der Waals surface area contributed by atoms with Crippen molar-refractivity contribution in [3.05, 3.63) is 40.4 Å². The Hall–Kier alpha value is -2.61. The lowest BCUT2D eigenvalue weighted by Crippen LogP contribution is -2.16. The van der Waals surface area contributed by atoms with Crippen LogP contribution in [0.3, 0.4) is 0 Å². The molecule has 0 aliphatic rings. The zero-order chi connectivity index (χ0) is 14.5. The van der Waals surface area contributed by atoms with E-state index in [2.05, 4.69) is 16.8 Å². The van der Waals surface area contributed by atoms with Crippen LogP contribution in [0.5, 0.6) is 0 Å². The monoisotopic (exact) mass is 270 g/mol. The Balaban J connectivity index is 2.29. The van der Waals surface area contributed by atoms with Gasteiger partial charge in [0.05, 0.1) is 23.8 Å². The quantitative estimate of drug-likeness (QED) is 0.608. The summed E-state index contributed by atoms with van der Waals surface area (Å²) < 4.78 is 6.19. The number of nitrogens with zero attached hydrogens (tertiary/aromatic N) is 2. The minimum atomic E-state index is -0.349. The molecule has 0 unspecified atom stereocenters. The Morgan fingerprint density at radius 2 is 2.25 bits per heavy atom. The number of esters is 1. The van der Waals surface area contributed by atoms with Gasteiger partial charge in [-0.2, -0.15) is 0 Å². The number of carbonyl (C=O) groups excluding carboxylic acids is 1. The highest BCUT2D eigenvalue weighted by Gasteiger charge is 2.02. The number of benzene rings is 1. The first kappa shape index (κ1) is 13.8. The van der Waals surface area contributed by atoms with E-state index in [0.717, 1.165) is 0 Å². The Labute approximate surface area is 116 Å². The molecule has 0 aliphatic carbocycles. The van der Waals surface area contributed by atoms with Crippen LogP contribution in [0.1, 0.15) is 18.9 Å². The van der Waals surface area contributed by atoms with Crippen LogP contribution in [-0.2, 0) is 16.6 Å². The Morgan fingerprint density at radius 1 is 1.45 bits per heavy atom. The minimum Gasteiger partial charge on any atom is -0.465 e. The molecule has 0 saturated heterocycles. The number of ether oxygens (including phenoxy) is 1. The van der Waals surface area contributed by atoms with E-state index in [1.54, 1.807) is 32.2 Å². The SMILES string of the molecule is CCOC(=O)CC#Cc1ccc2ncn(C)c(=O)c2c1. The van der Waals surface area contributed by atoms with Crippen molar-refractivity contribution in [2.45, 2.75) is 13.3 Å². The fourth-order valence-corrected chi connectivity index (χ4v) is 1.72. The summed E-state index contributed by atoms with van der Waals surface area (Å²) in [5.74, 6) is 5.23. The normalized spacial score (nSPS) is 9.90. The van der Waals surface area contributed by atoms with E-state index in [4.69, 9.17) is 4.74 Å². The van der Waals surface area contributed by atoms with E-state index in [-0.39, 0.29) is 17.9 Å². The highest BCUT2D eigenvalue weighted by atomic mass is 16.5. The van der Waals surface area contributed by atoms with Crippen molar-refractivity contribution >= 4 is 16.9 Å². The van der Waals surface area contributed by atoms with E-state index < -0.39 is 0 Å². The molecule has 5 nitrogen and oxygen atoms in total. The molecule has 0 aliphatic heterocycles. The van der Waals surface area contributed by atoms with Crippen molar-refractivity contribution in [3.8, 4) is 11.8 Å². The Morgan fingerprint density at radius 3 is 3.00 bits per heavy atom. The summed E-state index contributed by atoms with van der Waals surface area (Å²) in [5, 5.41) is 0.512. The lowest BCUT2D eigenvalue weighted by molar-refractivity contribution is -0.141. The summed E-state index contributed by atoms with van der Waals surface area (Å²) >= 11 is 0. The van der Waals surface area contributed by atoms with E-state index in [1.165, 1.54) is 10.9 Å². The molecule has 0 atom stereocenters. The first-order chi connectivity index (χ1) is 9.61. The highest BCUT2D eigenvalue weighted by molar-refractivity contribution is 5.79. The van der Waals surface area contributed by atoms with Crippen LogP contribution in [0.2, 0.25) is 0 Å². The Kier molecular flexibility index (Phi) is 4.16. The van der Waals surface area contributed by atoms with Crippen molar-refractivity contribution in [2.75, 3.05) is 6.61 Å². The average Bonchev–Trinajstić information content (AvgIpc) is 2.44. The predicted molar refractivity (Wildman–Crippen MR) is 75.1 cm³/mol. The zero-order valence-electron chi connectivity index (χ0n) is 11.3. The number of carbonyl (C=O) groups is 1. The summed E-state index contributed by atoms with van der Waals surface area (Å²) in [7, 11) is 1.65. The van der Waals surface area contributed by atoms with Gasteiger partial charge in [-0.05, 0) is 25.1 Å². The van der Waals surface area contributed by atoms with E-state index in [1.807, 2.05) is 0 Å². The average molecular weight is 270 g/mol. The number of rotatable bonds is 2. The molecule has 1 heterocycles. The second-order valence-corrected chi connectivity index (χ2v) is 4.18. The van der Waals surface area contributed by atoms with E-state index in [0.29, 0.717) is 23.1 Å². The molecule has 0 radical (unpaired) electrons. The van der Waals surface area contributed by atoms with Gasteiger partial charge in [-0.15, -0.1) is 0 Å². The van der Waals surface area contributed by atoms with Crippen LogP contribution >= 0.6 is 0 Å². The maximum atomic E-state index is 11.9. The first-order valence-corrected chi connectivity index (χ1v) is 6.21. The summed E-state index contributed by atoms with van der Waals surface area (Å²) in [6.07, 6.45) is 1.52. The summed E-state index contributed by atoms with van der Waals surface area (Å²) in [6, 6.07) is 5.20. The van der Waals surface area contributed by atoms with Crippen LogP contribution in [0.25, 0.3) is 10.9 Å².